The summed E-state index contributed by atoms with van der Waals surface area (Å²) in [7, 11) is 1.84. The molecule has 2 aromatic heterocycles. The fraction of sp³-hybridized carbons (Fsp3) is 0.312. The van der Waals surface area contributed by atoms with Gasteiger partial charge in [-0.05, 0) is 43.5 Å². The van der Waals surface area contributed by atoms with Crippen molar-refractivity contribution in [1.82, 2.24) is 30.3 Å². The number of hydrogen-bond donors (Lipinski definition) is 1. The fourth-order valence-corrected chi connectivity index (χ4v) is 2.38. The van der Waals surface area contributed by atoms with Crippen LogP contribution in [0.3, 0.4) is 0 Å². The van der Waals surface area contributed by atoms with Gasteiger partial charge in [-0.15, -0.1) is 5.10 Å². The molecule has 3 aromatic rings. The Morgan fingerprint density at radius 1 is 1.36 bits per heavy atom. The first kappa shape index (κ1) is 16.8. The van der Waals surface area contributed by atoms with E-state index in [-0.39, 0.29) is 18.5 Å². The lowest BCUT2D eigenvalue weighted by atomic mass is 10.2. The zero-order valence-electron chi connectivity index (χ0n) is 14.2. The average molecular weight is 341 g/mol. The first-order valence-corrected chi connectivity index (χ1v) is 7.81. The smallest absolute Gasteiger partial charge is 0.239 e. The van der Waals surface area contributed by atoms with Gasteiger partial charge in [0, 0.05) is 6.07 Å². The van der Waals surface area contributed by atoms with Crippen LogP contribution in [-0.4, -0.2) is 49.8 Å². The molecule has 0 radical (unpaired) electrons. The first-order chi connectivity index (χ1) is 12.0. The van der Waals surface area contributed by atoms with Crippen molar-refractivity contribution in [3.63, 3.8) is 0 Å². The summed E-state index contributed by atoms with van der Waals surface area (Å²) < 4.78 is 6.60. The Morgan fingerprint density at radius 2 is 2.12 bits per heavy atom. The van der Waals surface area contributed by atoms with Crippen LogP contribution in [0.15, 0.2) is 40.9 Å². The minimum Gasteiger partial charge on any atom is -0.360 e. The van der Waals surface area contributed by atoms with Gasteiger partial charge in [0.05, 0.1) is 18.3 Å². The zero-order chi connectivity index (χ0) is 17.8. The van der Waals surface area contributed by atoms with E-state index in [0.29, 0.717) is 17.4 Å². The highest BCUT2D eigenvalue weighted by atomic mass is 16.5. The molecule has 130 valence electrons. The Hall–Kier alpha value is -3.07. The third-order valence-corrected chi connectivity index (χ3v) is 3.82. The molecule has 0 aliphatic carbocycles. The number of nitrogens with one attached hydrogen (secondary N) is 1. The molecular formula is C16H19N7O2. The van der Waals surface area contributed by atoms with Crippen LogP contribution in [0.2, 0.25) is 0 Å². The van der Waals surface area contributed by atoms with E-state index in [0.717, 1.165) is 5.69 Å². The number of aromatic nitrogens is 5. The van der Waals surface area contributed by atoms with E-state index in [1.54, 1.807) is 17.7 Å². The number of hydrogen-bond acceptors (Lipinski definition) is 7. The normalized spacial score (nSPS) is 12.3. The summed E-state index contributed by atoms with van der Waals surface area (Å²) in [6, 6.07) is 11.1. The largest absolute Gasteiger partial charge is 0.360 e. The quantitative estimate of drug-likeness (QED) is 0.726. The summed E-state index contributed by atoms with van der Waals surface area (Å²) in [6.45, 7) is 3.87. The van der Waals surface area contributed by atoms with Crippen LogP contribution in [0.4, 0.5) is 5.82 Å². The van der Waals surface area contributed by atoms with Gasteiger partial charge in [-0.25, -0.2) is 0 Å². The number of benzene rings is 1. The summed E-state index contributed by atoms with van der Waals surface area (Å²) in [5.41, 5.74) is 0.866. The van der Waals surface area contributed by atoms with Gasteiger partial charge in [0.25, 0.3) is 0 Å². The van der Waals surface area contributed by atoms with Crippen LogP contribution in [-0.2, 0) is 4.79 Å². The van der Waals surface area contributed by atoms with E-state index in [1.807, 2.05) is 49.2 Å². The average Bonchev–Trinajstić information content (AvgIpc) is 3.24. The number of nitrogens with zero attached hydrogens (tertiary/aromatic N) is 6. The first-order valence-electron chi connectivity index (χ1n) is 7.81. The number of tetrazole rings is 1. The van der Waals surface area contributed by atoms with Crippen molar-refractivity contribution in [2.45, 2.75) is 19.9 Å². The third kappa shape index (κ3) is 3.89. The number of aryl methyl sites for hydroxylation is 1. The molecule has 1 aromatic carbocycles. The van der Waals surface area contributed by atoms with Gasteiger partial charge in [0.1, 0.15) is 5.76 Å². The molecule has 9 heteroatoms. The Bertz CT molecular complexity index is 843. The van der Waals surface area contributed by atoms with Gasteiger partial charge in [0.2, 0.25) is 5.91 Å². The Balaban J connectivity index is 1.68. The van der Waals surface area contributed by atoms with Crippen molar-refractivity contribution < 1.29 is 9.32 Å². The van der Waals surface area contributed by atoms with Gasteiger partial charge < -0.3 is 9.84 Å². The van der Waals surface area contributed by atoms with E-state index in [2.05, 4.69) is 26.0 Å². The molecule has 0 fully saturated rings. The predicted molar refractivity (Wildman–Crippen MR) is 90.1 cm³/mol. The molecule has 1 N–H and O–H groups in total. The lowest BCUT2D eigenvalue weighted by Gasteiger charge is -2.22. The number of carbonyl (C=O) groups excluding carboxylic acids is 1. The molecule has 2 heterocycles. The molecule has 0 aliphatic heterocycles. The molecule has 0 saturated carbocycles. The van der Waals surface area contributed by atoms with Crippen LogP contribution < -0.4 is 5.32 Å². The Kier molecular flexibility index (Phi) is 4.85. The highest BCUT2D eigenvalue weighted by Crippen LogP contribution is 2.18. The predicted octanol–water partition coefficient (Wildman–Crippen LogP) is 1.59. The number of carbonyl (C=O) groups is 1. The van der Waals surface area contributed by atoms with Crippen molar-refractivity contribution in [2.24, 2.45) is 0 Å². The van der Waals surface area contributed by atoms with Gasteiger partial charge >= 0.3 is 0 Å². The second-order valence-electron chi connectivity index (χ2n) is 5.75. The fourth-order valence-electron chi connectivity index (χ4n) is 2.38. The van der Waals surface area contributed by atoms with Crippen LogP contribution >= 0.6 is 0 Å². The number of para-hydroxylation sites is 1. The van der Waals surface area contributed by atoms with Gasteiger partial charge in [-0.2, -0.15) is 4.68 Å². The lowest BCUT2D eigenvalue weighted by Crippen LogP contribution is -2.33. The van der Waals surface area contributed by atoms with Gasteiger partial charge in [-0.1, -0.05) is 23.4 Å². The zero-order valence-corrected chi connectivity index (χ0v) is 14.2. The molecule has 0 saturated heterocycles. The van der Waals surface area contributed by atoms with Gasteiger partial charge in [0.15, 0.2) is 11.6 Å². The van der Waals surface area contributed by atoms with E-state index in [1.165, 1.54) is 0 Å². The van der Waals surface area contributed by atoms with E-state index < -0.39 is 0 Å². The highest BCUT2D eigenvalue weighted by Gasteiger charge is 2.21. The second-order valence-corrected chi connectivity index (χ2v) is 5.75. The standard InChI is InChI=1S/C16H19N7O2/c1-11-9-14(19-25-11)17-15(24)10-22(3)12(2)16-18-20-21-23(16)13-7-5-4-6-8-13/h4-9,12H,10H2,1-3H3,(H,17,19,24). The van der Waals surface area contributed by atoms with E-state index in [9.17, 15) is 4.79 Å². The molecule has 1 amide bonds. The number of likely N-dealkylation sites (N-methyl/N-ethyl adjacent to an activating group) is 1. The minimum absolute atomic E-state index is 0.161. The summed E-state index contributed by atoms with van der Waals surface area (Å²) in [5.74, 6) is 1.50. The molecule has 0 spiro atoms. The minimum atomic E-state index is -0.193. The molecular weight excluding hydrogens is 322 g/mol. The van der Waals surface area contributed by atoms with E-state index >= 15 is 0 Å². The van der Waals surface area contributed by atoms with Crippen molar-refractivity contribution in [1.29, 1.82) is 0 Å². The van der Waals surface area contributed by atoms with Gasteiger partial charge in [-0.3, -0.25) is 9.69 Å². The second kappa shape index (κ2) is 7.22. The molecule has 3 rings (SSSR count). The highest BCUT2D eigenvalue weighted by molar-refractivity contribution is 5.91. The molecule has 0 aliphatic rings. The van der Waals surface area contributed by atoms with Crippen molar-refractivity contribution in [3.05, 3.63) is 48.0 Å². The topological polar surface area (TPSA) is 102 Å². The number of rotatable bonds is 6. The molecule has 1 atom stereocenters. The molecule has 25 heavy (non-hydrogen) atoms. The summed E-state index contributed by atoms with van der Waals surface area (Å²) in [5, 5.41) is 18.4. The number of amides is 1. The van der Waals surface area contributed by atoms with Crippen LogP contribution in [0.1, 0.15) is 24.6 Å². The van der Waals surface area contributed by atoms with Crippen molar-refractivity contribution in [2.75, 3.05) is 18.9 Å². The monoisotopic (exact) mass is 341 g/mol. The van der Waals surface area contributed by atoms with E-state index in [4.69, 9.17) is 4.52 Å². The van der Waals surface area contributed by atoms with Crippen molar-refractivity contribution in [3.8, 4) is 5.69 Å². The maximum Gasteiger partial charge on any atom is 0.239 e. The molecule has 0 bridgehead atoms. The summed E-state index contributed by atoms with van der Waals surface area (Å²) in [6.07, 6.45) is 0. The maximum absolute atomic E-state index is 12.2. The number of anilines is 1. The third-order valence-electron chi connectivity index (χ3n) is 3.82. The molecule has 9 nitrogen and oxygen atoms in total. The summed E-state index contributed by atoms with van der Waals surface area (Å²) >= 11 is 0. The molecule has 1 unspecified atom stereocenters. The SMILES string of the molecule is Cc1cc(NC(=O)CN(C)C(C)c2nnnn2-c2ccccc2)no1. The summed E-state index contributed by atoms with van der Waals surface area (Å²) in [4.78, 5) is 14.0. The lowest BCUT2D eigenvalue weighted by molar-refractivity contribution is -0.117. The van der Waals surface area contributed by atoms with Crippen LogP contribution in [0.5, 0.6) is 0 Å². The van der Waals surface area contributed by atoms with Crippen LogP contribution in [0, 0.1) is 6.92 Å². The van der Waals surface area contributed by atoms with Crippen LogP contribution in [0.25, 0.3) is 5.69 Å². The Morgan fingerprint density at radius 3 is 2.80 bits per heavy atom. The van der Waals surface area contributed by atoms with Crippen molar-refractivity contribution >= 4 is 11.7 Å². The Labute approximate surface area is 144 Å². The maximum atomic E-state index is 12.2.